The Morgan fingerprint density at radius 2 is 0.913 bits per heavy atom. The molecule has 0 amide bonds. The molecular formula is C64H51N5. The molecule has 13 rings (SSSR count). The summed E-state index contributed by atoms with van der Waals surface area (Å²) in [6, 6.07) is 72.2. The van der Waals surface area contributed by atoms with Gasteiger partial charge < -0.3 is 4.57 Å². The van der Waals surface area contributed by atoms with Gasteiger partial charge in [0.05, 0.1) is 22.1 Å². The third kappa shape index (κ3) is 5.93. The molecule has 0 spiro atoms. The maximum absolute atomic E-state index is 5.43. The van der Waals surface area contributed by atoms with Crippen molar-refractivity contribution in [2.24, 2.45) is 5.41 Å². The van der Waals surface area contributed by atoms with Crippen LogP contribution in [0.5, 0.6) is 0 Å². The topological polar surface area (TPSA) is 48.5 Å². The van der Waals surface area contributed by atoms with Crippen LogP contribution in [0.2, 0.25) is 0 Å². The fraction of sp³-hybridized carbons (Fsp3) is 0.141. The molecular weight excluding hydrogens is 839 g/mol. The Morgan fingerprint density at radius 1 is 0.362 bits per heavy atom. The van der Waals surface area contributed by atoms with E-state index in [9.17, 15) is 0 Å². The zero-order chi connectivity index (χ0) is 46.8. The van der Waals surface area contributed by atoms with Gasteiger partial charge in [-0.2, -0.15) is 9.97 Å². The molecule has 9 aromatic carbocycles. The molecule has 5 heteroatoms. The normalized spacial score (nSPS) is 14.9. The first-order valence-electron chi connectivity index (χ1n) is 24.1. The molecule has 0 saturated carbocycles. The molecule has 5 nitrogen and oxygen atoms in total. The molecule has 0 aliphatic heterocycles. The highest BCUT2D eigenvalue weighted by Gasteiger charge is 2.57. The molecule has 3 aromatic heterocycles. The second-order valence-corrected chi connectivity index (χ2v) is 20.5. The van der Waals surface area contributed by atoms with Gasteiger partial charge in [-0.15, -0.1) is 0 Å². The predicted molar refractivity (Wildman–Crippen MR) is 288 cm³/mol. The van der Waals surface area contributed by atoms with Crippen LogP contribution in [-0.2, 0) is 10.8 Å². The van der Waals surface area contributed by atoms with Gasteiger partial charge in [0.1, 0.15) is 0 Å². The first kappa shape index (κ1) is 41.1. The van der Waals surface area contributed by atoms with Crippen LogP contribution in [-0.4, -0.2) is 24.1 Å². The van der Waals surface area contributed by atoms with Crippen molar-refractivity contribution < 1.29 is 0 Å². The van der Waals surface area contributed by atoms with Crippen molar-refractivity contribution in [2.45, 2.75) is 52.4 Å². The van der Waals surface area contributed by atoms with Crippen molar-refractivity contribution in [1.29, 1.82) is 0 Å². The van der Waals surface area contributed by atoms with Crippen LogP contribution in [0.25, 0.3) is 111 Å². The number of aromatic nitrogens is 5. The summed E-state index contributed by atoms with van der Waals surface area (Å²) in [6.07, 6.45) is 0. The highest BCUT2D eigenvalue weighted by molar-refractivity contribution is 6.23. The quantitative estimate of drug-likeness (QED) is 0.167. The van der Waals surface area contributed by atoms with E-state index in [1.807, 2.05) is 18.2 Å². The van der Waals surface area contributed by atoms with Gasteiger partial charge in [-0.1, -0.05) is 211 Å². The van der Waals surface area contributed by atoms with Crippen LogP contribution in [0.15, 0.2) is 200 Å². The van der Waals surface area contributed by atoms with E-state index in [4.69, 9.17) is 15.0 Å². The summed E-state index contributed by atoms with van der Waals surface area (Å²) in [6.45, 7) is 14.6. The third-order valence-corrected chi connectivity index (χ3v) is 16.5. The maximum atomic E-state index is 5.43. The fourth-order valence-corrected chi connectivity index (χ4v) is 11.8. The molecule has 69 heavy (non-hydrogen) atoms. The third-order valence-electron chi connectivity index (χ3n) is 16.5. The van der Waals surface area contributed by atoms with E-state index in [0.29, 0.717) is 17.6 Å². The van der Waals surface area contributed by atoms with Crippen LogP contribution in [0.1, 0.15) is 52.7 Å². The lowest BCUT2D eigenvalue weighted by atomic mass is 9.59. The molecule has 12 aromatic rings. The first-order chi connectivity index (χ1) is 33.5. The smallest absolute Gasteiger partial charge is 0.238 e. The molecule has 1 aliphatic carbocycles. The van der Waals surface area contributed by atoms with Crippen LogP contribution in [0, 0.1) is 5.41 Å². The Bertz CT molecular complexity index is 4030. The Labute approximate surface area is 402 Å². The average Bonchev–Trinajstić information content (AvgIpc) is 3.94. The highest BCUT2D eigenvalue weighted by atomic mass is 15.2. The SMILES string of the molecule is CC1(C)c2cccc(-c3cccc(-c4ccc(-n5c6ccccc6c6ccc7c8ccccc8n(-c8nc(-c9ccccc9)nc(-c9cccc%10ccccc9%10)n8)c7c65)cc4)c3)c2C(C)(C)C1(C)C. The van der Waals surface area contributed by atoms with E-state index >= 15 is 0 Å². The molecule has 0 atom stereocenters. The number of nitrogens with zero attached hydrogens (tertiary/aromatic N) is 5. The zero-order valence-corrected chi connectivity index (χ0v) is 39.8. The van der Waals surface area contributed by atoms with Crippen LogP contribution < -0.4 is 0 Å². The number of para-hydroxylation sites is 2. The number of fused-ring (bicyclic) bond motifs is 9. The van der Waals surface area contributed by atoms with Crippen molar-refractivity contribution in [1.82, 2.24) is 24.1 Å². The molecule has 0 saturated heterocycles. The number of benzene rings is 9. The van der Waals surface area contributed by atoms with Crippen LogP contribution in [0.3, 0.4) is 0 Å². The summed E-state index contributed by atoms with van der Waals surface area (Å²) >= 11 is 0. The summed E-state index contributed by atoms with van der Waals surface area (Å²) in [5.41, 5.74) is 15.3. The van der Waals surface area contributed by atoms with Crippen LogP contribution in [0.4, 0.5) is 0 Å². The van der Waals surface area contributed by atoms with E-state index in [1.54, 1.807) is 0 Å². The summed E-state index contributed by atoms with van der Waals surface area (Å²) in [5, 5.41) is 6.84. The molecule has 0 radical (unpaired) electrons. The van der Waals surface area contributed by atoms with Crippen molar-refractivity contribution >= 4 is 54.4 Å². The van der Waals surface area contributed by atoms with Gasteiger partial charge in [0.2, 0.25) is 5.95 Å². The standard InChI is InChI=1S/C64H51N5/c1-62(2)53-30-18-28-47(56(53)63(3,4)64(62,5)6)44-24-16-23-43(39-44)40-33-35-45(36-34-40)68-54-31-14-12-26-48(54)50-37-38-51-49-27-13-15-32-55(49)69(58(51)57(50)68)61-66-59(42-20-8-7-9-21-42)65-60(67-61)52-29-17-22-41-19-10-11-25-46(41)52/h7-39H,1-6H3. The Kier molecular flexibility index (Phi) is 8.88. The minimum Gasteiger partial charge on any atom is -0.307 e. The monoisotopic (exact) mass is 889 g/mol. The molecule has 0 unspecified atom stereocenters. The second kappa shape index (κ2) is 14.9. The predicted octanol–water partition coefficient (Wildman–Crippen LogP) is 16.5. The maximum Gasteiger partial charge on any atom is 0.238 e. The summed E-state index contributed by atoms with van der Waals surface area (Å²) in [7, 11) is 0. The first-order valence-corrected chi connectivity index (χ1v) is 24.1. The Balaban J connectivity index is 1.02. The molecule has 0 bridgehead atoms. The number of rotatable bonds is 6. The van der Waals surface area contributed by atoms with Crippen molar-refractivity contribution in [3.8, 4) is 56.7 Å². The van der Waals surface area contributed by atoms with E-state index < -0.39 is 0 Å². The van der Waals surface area contributed by atoms with E-state index in [-0.39, 0.29) is 16.2 Å². The fourth-order valence-electron chi connectivity index (χ4n) is 11.8. The van der Waals surface area contributed by atoms with Crippen molar-refractivity contribution in [3.05, 3.63) is 211 Å². The minimum absolute atomic E-state index is 0.00764. The number of hydrogen-bond donors (Lipinski definition) is 0. The van der Waals surface area contributed by atoms with Gasteiger partial charge in [0, 0.05) is 38.4 Å². The van der Waals surface area contributed by atoms with Crippen molar-refractivity contribution in [3.63, 3.8) is 0 Å². The lowest BCUT2D eigenvalue weighted by molar-refractivity contribution is 0.125. The van der Waals surface area contributed by atoms with Gasteiger partial charge in [-0.25, -0.2) is 4.98 Å². The molecule has 1 aliphatic rings. The minimum atomic E-state index is -0.00764. The summed E-state index contributed by atoms with van der Waals surface area (Å²) < 4.78 is 4.71. The highest BCUT2D eigenvalue weighted by Crippen LogP contribution is 2.63. The molecule has 0 fully saturated rings. The molecule has 332 valence electrons. The Hall–Kier alpha value is -8.15. The average molecular weight is 890 g/mol. The van der Waals surface area contributed by atoms with Crippen LogP contribution >= 0.6 is 0 Å². The van der Waals surface area contributed by atoms with Gasteiger partial charge in [-0.05, 0) is 90.7 Å². The van der Waals surface area contributed by atoms with E-state index in [0.717, 1.165) is 65.8 Å². The zero-order valence-electron chi connectivity index (χ0n) is 39.8. The van der Waals surface area contributed by atoms with E-state index in [2.05, 4.69) is 233 Å². The molecule has 3 heterocycles. The van der Waals surface area contributed by atoms with Gasteiger partial charge >= 0.3 is 0 Å². The van der Waals surface area contributed by atoms with Crippen molar-refractivity contribution in [2.75, 3.05) is 0 Å². The largest absolute Gasteiger partial charge is 0.307 e. The van der Waals surface area contributed by atoms with Gasteiger partial charge in [0.25, 0.3) is 0 Å². The van der Waals surface area contributed by atoms with Gasteiger partial charge in [0.15, 0.2) is 11.6 Å². The molecule has 0 N–H and O–H groups in total. The second-order valence-electron chi connectivity index (χ2n) is 20.5. The summed E-state index contributed by atoms with van der Waals surface area (Å²) in [4.78, 5) is 16.0. The lowest BCUT2D eigenvalue weighted by Crippen LogP contribution is -2.42. The van der Waals surface area contributed by atoms with E-state index in [1.165, 1.54) is 38.8 Å². The van der Waals surface area contributed by atoms with Gasteiger partial charge in [-0.3, -0.25) is 4.57 Å². The summed E-state index contributed by atoms with van der Waals surface area (Å²) in [5.74, 6) is 1.81. The lowest BCUT2D eigenvalue weighted by Gasteiger charge is -2.44. The number of hydrogen-bond acceptors (Lipinski definition) is 3. The Morgan fingerprint density at radius 3 is 1.65 bits per heavy atom.